The van der Waals surface area contributed by atoms with Crippen molar-refractivity contribution in [2.24, 2.45) is 0 Å². The number of carbonyl (C=O) groups is 1. The molecule has 0 saturated heterocycles. The quantitative estimate of drug-likeness (QED) is 0.704. The van der Waals surface area contributed by atoms with E-state index in [1.807, 2.05) is 31.2 Å². The second kappa shape index (κ2) is 6.49. The smallest absolute Gasteiger partial charge is 0.231 e. The Bertz CT molecular complexity index is 984. The summed E-state index contributed by atoms with van der Waals surface area (Å²) in [4.78, 5) is 15.3. The molecule has 0 unspecified atom stereocenters. The molecular formula is C24H25NO3. The van der Waals surface area contributed by atoms with E-state index in [4.69, 9.17) is 9.47 Å². The molecule has 2 aromatic rings. The summed E-state index contributed by atoms with van der Waals surface area (Å²) < 4.78 is 12.0. The number of nitrogens with zero attached hydrogens (tertiary/aromatic N) is 1. The van der Waals surface area contributed by atoms with Crippen LogP contribution in [0, 0.1) is 6.92 Å². The molecule has 4 nitrogen and oxygen atoms in total. The predicted molar refractivity (Wildman–Crippen MR) is 109 cm³/mol. The maximum Gasteiger partial charge on any atom is 0.231 e. The Kier molecular flexibility index (Phi) is 4.06. The lowest BCUT2D eigenvalue weighted by Gasteiger charge is -2.30. The number of rotatable bonds is 3. The van der Waals surface area contributed by atoms with Crippen molar-refractivity contribution in [1.82, 2.24) is 4.90 Å². The van der Waals surface area contributed by atoms with Gasteiger partial charge in [0.2, 0.25) is 5.78 Å². The van der Waals surface area contributed by atoms with Crippen molar-refractivity contribution < 1.29 is 14.3 Å². The second-order valence-electron chi connectivity index (χ2n) is 8.38. The zero-order chi connectivity index (χ0) is 19.4. The third-order valence-corrected chi connectivity index (χ3v) is 5.93. The van der Waals surface area contributed by atoms with Crippen molar-refractivity contribution in [3.05, 3.63) is 63.9 Å². The summed E-state index contributed by atoms with van der Waals surface area (Å²) in [6, 6.07) is 10.9. The summed E-state index contributed by atoms with van der Waals surface area (Å²) in [7, 11) is 0. The SMILES string of the molecule is Cc1c2c(cc3c1O/C(=C\c1ccc(C(C)C)cc1)C3=O)CN(C1CC1)CO2. The highest BCUT2D eigenvalue weighted by Gasteiger charge is 2.36. The van der Waals surface area contributed by atoms with Crippen molar-refractivity contribution in [2.75, 3.05) is 6.73 Å². The summed E-state index contributed by atoms with van der Waals surface area (Å²) in [6.07, 6.45) is 4.32. The zero-order valence-electron chi connectivity index (χ0n) is 16.6. The van der Waals surface area contributed by atoms with Crippen LogP contribution in [0.1, 0.15) is 65.2 Å². The van der Waals surface area contributed by atoms with Crippen molar-refractivity contribution in [3.8, 4) is 11.5 Å². The fourth-order valence-corrected chi connectivity index (χ4v) is 4.07. The molecule has 4 heteroatoms. The maximum absolute atomic E-state index is 13.0. The van der Waals surface area contributed by atoms with E-state index in [1.54, 1.807) is 0 Å². The number of hydrogen-bond acceptors (Lipinski definition) is 4. The molecular weight excluding hydrogens is 350 g/mol. The molecule has 0 spiro atoms. The Hall–Kier alpha value is -2.59. The third-order valence-electron chi connectivity index (χ3n) is 5.93. The molecule has 2 aliphatic heterocycles. The van der Waals surface area contributed by atoms with Gasteiger partial charge >= 0.3 is 0 Å². The number of fused-ring (bicyclic) bond motifs is 2. The average molecular weight is 375 g/mol. The molecule has 0 N–H and O–H groups in total. The lowest BCUT2D eigenvalue weighted by Crippen LogP contribution is -2.34. The van der Waals surface area contributed by atoms with Gasteiger partial charge in [-0.15, -0.1) is 0 Å². The van der Waals surface area contributed by atoms with Gasteiger partial charge in [0.15, 0.2) is 5.76 Å². The molecule has 0 amide bonds. The lowest BCUT2D eigenvalue weighted by molar-refractivity contribution is 0.0872. The van der Waals surface area contributed by atoms with Gasteiger partial charge < -0.3 is 9.47 Å². The summed E-state index contributed by atoms with van der Waals surface area (Å²) in [5.41, 5.74) is 4.93. The van der Waals surface area contributed by atoms with Crippen LogP contribution < -0.4 is 9.47 Å². The zero-order valence-corrected chi connectivity index (χ0v) is 16.6. The van der Waals surface area contributed by atoms with E-state index < -0.39 is 0 Å². The average Bonchev–Trinajstić information content (AvgIpc) is 3.49. The monoisotopic (exact) mass is 375 g/mol. The molecule has 0 aromatic heterocycles. The Morgan fingerprint density at radius 3 is 2.57 bits per heavy atom. The van der Waals surface area contributed by atoms with E-state index in [2.05, 4.69) is 30.9 Å². The molecule has 0 radical (unpaired) electrons. The molecule has 1 aliphatic carbocycles. The Labute approximate surface area is 165 Å². The van der Waals surface area contributed by atoms with Gasteiger partial charge in [0.1, 0.15) is 18.2 Å². The number of carbonyl (C=O) groups excluding carboxylic acids is 1. The minimum Gasteiger partial charge on any atom is -0.477 e. The van der Waals surface area contributed by atoms with Gasteiger partial charge in [0.05, 0.1) is 5.56 Å². The molecule has 0 atom stereocenters. The van der Waals surface area contributed by atoms with Gasteiger partial charge in [0.25, 0.3) is 0 Å². The van der Waals surface area contributed by atoms with E-state index in [-0.39, 0.29) is 5.78 Å². The molecule has 1 saturated carbocycles. The summed E-state index contributed by atoms with van der Waals surface area (Å²) in [5.74, 6) is 2.35. The Balaban J connectivity index is 1.46. The minimum absolute atomic E-state index is 0.0441. The number of ketones is 1. The van der Waals surface area contributed by atoms with E-state index >= 15 is 0 Å². The van der Waals surface area contributed by atoms with Crippen molar-refractivity contribution in [3.63, 3.8) is 0 Å². The van der Waals surface area contributed by atoms with Crippen LogP contribution in [0.4, 0.5) is 0 Å². The van der Waals surface area contributed by atoms with Crippen LogP contribution in [0.15, 0.2) is 36.1 Å². The first-order valence-electron chi connectivity index (χ1n) is 10.1. The summed E-state index contributed by atoms with van der Waals surface area (Å²) >= 11 is 0. The molecule has 28 heavy (non-hydrogen) atoms. The molecule has 2 aromatic carbocycles. The standard InChI is InChI=1S/C24H25NO3/c1-14(2)17-6-4-16(5-7-17)10-21-22(26)20-11-18-12-25(19-8-9-19)13-27-23(18)15(3)24(20)28-21/h4-7,10-11,14,19H,8-9,12-13H2,1-3H3/b21-10-. The lowest BCUT2D eigenvalue weighted by atomic mass is 9.99. The number of allylic oxidation sites excluding steroid dienone is 1. The van der Waals surface area contributed by atoms with Gasteiger partial charge in [-0.1, -0.05) is 38.1 Å². The fraction of sp³-hybridized carbons (Fsp3) is 0.375. The molecule has 144 valence electrons. The number of Topliss-reactive ketones (excluding diaryl/α,β-unsaturated/α-hetero) is 1. The largest absolute Gasteiger partial charge is 0.477 e. The number of benzene rings is 2. The van der Waals surface area contributed by atoms with E-state index in [0.29, 0.717) is 35.8 Å². The summed E-state index contributed by atoms with van der Waals surface area (Å²) in [5, 5.41) is 0. The normalized spacial score (nSPS) is 20.1. The molecule has 5 rings (SSSR count). The number of hydrogen-bond donors (Lipinski definition) is 0. The highest BCUT2D eigenvalue weighted by atomic mass is 16.5. The third kappa shape index (κ3) is 2.92. The Morgan fingerprint density at radius 2 is 1.89 bits per heavy atom. The first kappa shape index (κ1) is 17.5. The predicted octanol–water partition coefficient (Wildman–Crippen LogP) is 5.05. The van der Waals surface area contributed by atoms with Gasteiger partial charge in [-0.25, -0.2) is 0 Å². The van der Waals surface area contributed by atoms with Crippen LogP contribution in [0.3, 0.4) is 0 Å². The minimum atomic E-state index is -0.0441. The van der Waals surface area contributed by atoms with Crippen LogP contribution in [0.5, 0.6) is 11.5 Å². The van der Waals surface area contributed by atoms with Crippen LogP contribution in [-0.2, 0) is 6.54 Å². The molecule has 3 aliphatic rings. The van der Waals surface area contributed by atoms with Crippen LogP contribution in [0.25, 0.3) is 6.08 Å². The van der Waals surface area contributed by atoms with Crippen molar-refractivity contribution >= 4 is 11.9 Å². The van der Waals surface area contributed by atoms with Gasteiger partial charge in [0, 0.05) is 23.7 Å². The summed E-state index contributed by atoms with van der Waals surface area (Å²) in [6.45, 7) is 7.79. The van der Waals surface area contributed by atoms with E-state index in [0.717, 1.165) is 29.0 Å². The van der Waals surface area contributed by atoms with Crippen molar-refractivity contribution in [1.29, 1.82) is 0 Å². The first-order valence-corrected chi connectivity index (χ1v) is 10.1. The van der Waals surface area contributed by atoms with Crippen LogP contribution in [-0.4, -0.2) is 23.5 Å². The highest BCUT2D eigenvalue weighted by molar-refractivity contribution is 6.15. The molecule has 2 heterocycles. The topological polar surface area (TPSA) is 38.8 Å². The molecule has 0 bridgehead atoms. The highest BCUT2D eigenvalue weighted by Crippen LogP contribution is 2.44. The van der Waals surface area contributed by atoms with Crippen LogP contribution in [0.2, 0.25) is 0 Å². The van der Waals surface area contributed by atoms with Gasteiger partial charge in [-0.05, 0) is 49.0 Å². The van der Waals surface area contributed by atoms with Crippen LogP contribution >= 0.6 is 0 Å². The fourth-order valence-electron chi connectivity index (χ4n) is 4.07. The second-order valence-corrected chi connectivity index (χ2v) is 8.38. The van der Waals surface area contributed by atoms with Gasteiger partial charge in [-0.3, -0.25) is 9.69 Å². The first-order chi connectivity index (χ1) is 13.5. The molecule has 1 fully saturated rings. The Morgan fingerprint density at radius 1 is 1.14 bits per heavy atom. The van der Waals surface area contributed by atoms with Crippen molar-refractivity contribution in [2.45, 2.75) is 52.1 Å². The maximum atomic E-state index is 13.0. The van der Waals surface area contributed by atoms with Gasteiger partial charge in [-0.2, -0.15) is 0 Å². The number of ether oxygens (including phenoxy) is 2. The van der Waals surface area contributed by atoms with E-state index in [9.17, 15) is 4.79 Å². The van der Waals surface area contributed by atoms with E-state index in [1.165, 1.54) is 18.4 Å².